The van der Waals surface area contributed by atoms with Gasteiger partial charge in [-0.05, 0) is 101 Å². The summed E-state index contributed by atoms with van der Waals surface area (Å²) in [6.45, 7) is 0. The zero-order valence-electron chi connectivity index (χ0n) is 37.3. The van der Waals surface area contributed by atoms with Crippen LogP contribution in [0, 0.1) is 0 Å². The third-order valence-corrected chi connectivity index (χ3v) is 13.7. The predicted molar refractivity (Wildman–Crippen MR) is 285 cm³/mol. The summed E-state index contributed by atoms with van der Waals surface area (Å²) in [5.41, 5.74) is 17.4. The summed E-state index contributed by atoms with van der Waals surface area (Å²) in [7, 11) is 0. The number of aromatic nitrogens is 6. The summed E-state index contributed by atoms with van der Waals surface area (Å²) in [6, 6.07) is 84.3. The fraction of sp³-hybridized carbons (Fsp3) is 0. The van der Waals surface area contributed by atoms with E-state index in [1.54, 1.807) is 0 Å². The van der Waals surface area contributed by atoms with Gasteiger partial charge >= 0.3 is 0 Å². The minimum absolute atomic E-state index is 0.689. The topological polar surface area (TPSA) is 53.5 Å². The van der Waals surface area contributed by atoms with E-state index in [0.717, 1.165) is 100 Å². The number of rotatable bonds is 7. The molecule has 0 amide bonds. The second-order valence-electron chi connectivity index (χ2n) is 17.7. The Morgan fingerprint density at radius 3 is 1.57 bits per heavy atom. The van der Waals surface area contributed by atoms with Crippen LogP contribution in [-0.2, 0) is 0 Å². The molecule has 6 nitrogen and oxygen atoms in total. The van der Waals surface area contributed by atoms with Crippen molar-refractivity contribution in [2.24, 2.45) is 0 Å². The van der Waals surface area contributed by atoms with Crippen LogP contribution < -0.4 is 0 Å². The molecule has 9 aromatic carbocycles. The first-order valence-electron chi connectivity index (χ1n) is 23.3. The lowest BCUT2D eigenvalue weighted by atomic mass is 10.0. The third-order valence-electron chi connectivity index (χ3n) is 13.7. The molecule has 0 atom stereocenters. The molecule has 0 fully saturated rings. The Hall–Kier alpha value is -9.39. The SMILES string of the molecule is c1ccc(-c2cc(-n3c4ccccc4c4cc(-c5ccc6c7ccccc7n(-c7cccc(-c8ccc9c(c8)c8ncccc8n9-c8ccccc8)c7)c6c5)ccc43)nc(-c3ccccc3)n2)cc1. The zero-order chi connectivity index (χ0) is 45.4. The molecule has 0 aliphatic rings. The van der Waals surface area contributed by atoms with Crippen LogP contribution in [0.4, 0.5) is 0 Å². The molecule has 0 aliphatic heterocycles. The molecule has 0 saturated heterocycles. The van der Waals surface area contributed by atoms with E-state index in [0.29, 0.717) is 5.82 Å². The van der Waals surface area contributed by atoms with Crippen LogP contribution in [0.25, 0.3) is 128 Å². The molecule has 0 N–H and O–H groups in total. The van der Waals surface area contributed by atoms with Crippen molar-refractivity contribution in [3.05, 3.63) is 243 Å². The maximum atomic E-state index is 5.25. The highest BCUT2D eigenvalue weighted by molar-refractivity contribution is 6.13. The molecule has 0 saturated carbocycles. The van der Waals surface area contributed by atoms with E-state index in [-0.39, 0.29) is 0 Å². The highest BCUT2D eigenvalue weighted by Crippen LogP contribution is 2.40. The highest BCUT2D eigenvalue weighted by Gasteiger charge is 2.20. The molecular formula is C63H40N6. The molecule has 14 aromatic rings. The molecule has 0 aliphatic carbocycles. The van der Waals surface area contributed by atoms with Crippen molar-refractivity contribution in [3.8, 4) is 62.1 Å². The van der Waals surface area contributed by atoms with Crippen LogP contribution in [0.1, 0.15) is 0 Å². The van der Waals surface area contributed by atoms with Gasteiger partial charge in [0.25, 0.3) is 0 Å². The largest absolute Gasteiger partial charge is 0.309 e. The minimum Gasteiger partial charge on any atom is -0.309 e. The Labute approximate surface area is 397 Å². The van der Waals surface area contributed by atoms with Crippen molar-refractivity contribution in [2.75, 3.05) is 0 Å². The number of fused-ring (bicyclic) bond motifs is 9. The Bertz CT molecular complexity index is 4240. The molecule has 5 aromatic heterocycles. The van der Waals surface area contributed by atoms with Gasteiger partial charge in [-0.2, -0.15) is 0 Å². The van der Waals surface area contributed by atoms with E-state index in [1.165, 1.54) is 21.7 Å². The minimum atomic E-state index is 0.689. The number of hydrogen-bond acceptors (Lipinski definition) is 3. The maximum Gasteiger partial charge on any atom is 0.162 e. The van der Waals surface area contributed by atoms with E-state index in [2.05, 4.69) is 220 Å². The second kappa shape index (κ2) is 15.6. The van der Waals surface area contributed by atoms with Crippen LogP contribution in [0.5, 0.6) is 0 Å². The van der Waals surface area contributed by atoms with Gasteiger partial charge in [-0.1, -0.05) is 152 Å². The first-order valence-corrected chi connectivity index (χ1v) is 23.3. The smallest absolute Gasteiger partial charge is 0.162 e. The third kappa shape index (κ3) is 6.30. The molecule has 0 spiro atoms. The van der Waals surface area contributed by atoms with Crippen LogP contribution in [0.2, 0.25) is 0 Å². The van der Waals surface area contributed by atoms with Crippen LogP contribution in [-0.4, -0.2) is 28.7 Å². The standard InChI is InChI=1S/C63H40N6/c1-4-16-41(17-5-1)54-40-61(66-63(65-54)42-18-6-2-7-19-42)69-56-27-13-11-25-50(56)52-37-44(30-33-57(52)69)46-29-32-51-49-24-10-12-26-55(49)68(60(51)39-46)48-23-14-20-43(36-48)45-31-34-58-53(38-45)62-59(28-15-35-64-62)67(58)47-21-8-3-9-22-47/h1-40H. The van der Waals surface area contributed by atoms with E-state index >= 15 is 0 Å². The van der Waals surface area contributed by atoms with Crippen molar-refractivity contribution < 1.29 is 0 Å². The van der Waals surface area contributed by atoms with Crippen molar-refractivity contribution >= 4 is 65.5 Å². The number of pyridine rings is 1. The van der Waals surface area contributed by atoms with Gasteiger partial charge in [-0.25, -0.2) is 9.97 Å². The van der Waals surface area contributed by atoms with Crippen molar-refractivity contribution in [1.82, 2.24) is 28.7 Å². The predicted octanol–water partition coefficient (Wildman–Crippen LogP) is 15.8. The molecule has 0 radical (unpaired) electrons. The first-order chi connectivity index (χ1) is 34.2. The van der Waals surface area contributed by atoms with Crippen LogP contribution in [0.15, 0.2) is 243 Å². The van der Waals surface area contributed by atoms with E-state index < -0.39 is 0 Å². The summed E-state index contributed by atoms with van der Waals surface area (Å²) in [5, 5.41) is 5.90. The van der Waals surface area contributed by atoms with Crippen molar-refractivity contribution in [3.63, 3.8) is 0 Å². The lowest BCUT2D eigenvalue weighted by Crippen LogP contribution is -2.02. The fourth-order valence-electron chi connectivity index (χ4n) is 10.5. The Morgan fingerprint density at radius 2 is 0.797 bits per heavy atom. The summed E-state index contributed by atoms with van der Waals surface area (Å²) in [4.78, 5) is 15.2. The van der Waals surface area contributed by atoms with E-state index in [9.17, 15) is 0 Å². The van der Waals surface area contributed by atoms with Gasteiger partial charge in [0.15, 0.2) is 5.82 Å². The second-order valence-corrected chi connectivity index (χ2v) is 17.7. The van der Waals surface area contributed by atoms with E-state index in [1.807, 2.05) is 36.5 Å². The first kappa shape index (κ1) is 38.8. The van der Waals surface area contributed by atoms with Gasteiger partial charge < -0.3 is 9.13 Å². The van der Waals surface area contributed by atoms with Gasteiger partial charge in [0.05, 0.1) is 44.3 Å². The lowest BCUT2D eigenvalue weighted by molar-refractivity contribution is 1.05. The lowest BCUT2D eigenvalue weighted by Gasteiger charge is -2.12. The summed E-state index contributed by atoms with van der Waals surface area (Å²) in [6.07, 6.45) is 1.89. The fourth-order valence-corrected chi connectivity index (χ4v) is 10.5. The van der Waals surface area contributed by atoms with Gasteiger partial charge in [-0.15, -0.1) is 0 Å². The van der Waals surface area contributed by atoms with Crippen LogP contribution in [0.3, 0.4) is 0 Å². The normalized spacial score (nSPS) is 11.8. The monoisotopic (exact) mass is 880 g/mol. The number of para-hydroxylation sites is 3. The van der Waals surface area contributed by atoms with Gasteiger partial charge in [0, 0.05) is 61.7 Å². The van der Waals surface area contributed by atoms with Crippen LogP contribution >= 0.6 is 0 Å². The number of hydrogen-bond donors (Lipinski definition) is 0. The molecule has 69 heavy (non-hydrogen) atoms. The number of benzene rings is 9. The van der Waals surface area contributed by atoms with Gasteiger partial charge in [0.2, 0.25) is 0 Å². The molecule has 322 valence electrons. The average molecular weight is 881 g/mol. The molecule has 0 unspecified atom stereocenters. The quantitative estimate of drug-likeness (QED) is 0.160. The van der Waals surface area contributed by atoms with E-state index in [4.69, 9.17) is 15.0 Å². The Balaban J connectivity index is 0.904. The average Bonchev–Trinajstić information content (AvgIpc) is 4.06. The molecule has 5 heterocycles. The molecule has 14 rings (SSSR count). The Kier molecular flexibility index (Phi) is 8.79. The Morgan fingerprint density at radius 1 is 0.275 bits per heavy atom. The van der Waals surface area contributed by atoms with Crippen molar-refractivity contribution in [1.29, 1.82) is 0 Å². The zero-order valence-corrected chi connectivity index (χ0v) is 37.3. The summed E-state index contributed by atoms with van der Waals surface area (Å²) >= 11 is 0. The maximum absolute atomic E-state index is 5.25. The molecule has 0 bridgehead atoms. The molecule has 6 heteroatoms. The van der Waals surface area contributed by atoms with Gasteiger partial charge in [-0.3, -0.25) is 9.55 Å². The summed E-state index contributed by atoms with van der Waals surface area (Å²) < 4.78 is 7.02. The molecular weight excluding hydrogens is 841 g/mol. The number of nitrogens with zero attached hydrogens (tertiary/aromatic N) is 6. The summed E-state index contributed by atoms with van der Waals surface area (Å²) in [5.74, 6) is 1.51. The van der Waals surface area contributed by atoms with Gasteiger partial charge in [0.1, 0.15) is 5.82 Å². The van der Waals surface area contributed by atoms with Crippen molar-refractivity contribution in [2.45, 2.75) is 0 Å². The highest BCUT2D eigenvalue weighted by atomic mass is 15.1.